The van der Waals surface area contributed by atoms with Gasteiger partial charge in [0.15, 0.2) is 5.96 Å². The second-order valence-corrected chi connectivity index (χ2v) is 6.77. The fourth-order valence-corrected chi connectivity index (χ4v) is 3.16. The van der Waals surface area contributed by atoms with Crippen LogP contribution >= 0.6 is 46.7 Å². The molecule has 0 radical (unpaired) electrons. The third-order valence-electron chi connectivity index (χ3n) is 2.99. The Bertz CT molecular complexity index is 600. The molecule has 2 aromatic heterocycles. The van der Waals surface area contributed by atoms with E-state index in [0.29, 0.717) is 13.1 Å². The molecule has 0 aliphatic carbocycles. The summed E-state index contributed by atoms with van der Waals surface area (Å²) in [5.41, 5.74) is 0. The number of halogens is 1. The maximum atomic E-state index is 11.8. The van der Waals surface area contributed by atoms with Crippen LogP contribution in [0.25, 0.3) is 0 Å². The lowest BCUT2D eigenvalue weighted by Gasteiger charge is -2.11. The molecule has 0 spiro atoms. The molecule has 2 aromatic rings. The van der Waals surface area contributed by atoms with Crippen LogP contribution in [0, 0.1) is 0 Å². The summed E-state index contributed by atoms with van der Waals surface area (Å²) in [5, 5.41) is 13.4. The van der Waals surface area contributed by atoms with Crippen molar-refractivity contribution in [3.8, 4) is 0 Å². The summed E-state index contributed by atoms with van der Waals surface area (Å²) in [6.07, 6.45) is 0.848. The van der Waals surface area contributed by atoms with Crippen LogP contribution in [0.2, 0.25) is 0 Å². The molecule has 3 N–H and O–H groups in total. The maximum Gasteiger partial charge on any atom is 0.261 e. The highest BCUT2D eigenvalue weighted by atomic mass is 127. The van der Waals surface area contributed by atoms with E-state index in [-0.39, 0.29) is 29.9 Å². The van der Waals surface area contributed by atoms with E-state index in [0.717, 1.165) is 30.3 Å². The van der Waals surface area contributed by atoms with Crippen LogP contribution in [-0.4, -0.2) is 31.5 Å². The smallest absolute Gasteiger partial charge is 0.261 e. The lowest BCUT2D eigenvalue weighted by molar-refractivity contribution is 0.0957. The number of guanidine groups is 1. The number of hydrogen-bond acceptors (Lipinski definition) is 4. The van der Waals surface area contributed by atoms with Gasteiger partial charge < -0.3 is 16.0 Å². The van der Waals surface area contributed by atoms with E-state index in [1.54, 1.807) is 11.3 Å². The van der Waals surface area contributed by atoms with Crippen molar-refractivity contribution in [2.75, 3.05) is 19.6 Å². The van der Waals surface area contributed by atoms with E-state index in [1.165, 1.54) is 16.2 Å². The SMILES string of the molecule is CCNC(=NCc1cccs1)NCCCNC(=O)c1cccs1.I. The molecule has 8 heteroatoms. The molecule has 0 unspecified atom stereocenters. The molecule has 0 aromatic carbocycles. The molecule has 0 fully saturated rings. The molecule has 2 rings (SSSR count). The van der Waals surface area contributed by atoms with Gasteiger partial charge in [-0.3, -0.25) is 4.79 Å². The van der Waals surface area contributed by atoms with Crippen molar-refractivity contribution in [2.24, 2.45) is 4.99 Å². The van der Waals surface area contributed by atoms with Crippen LogP contribution in [0.5, 0.6) is 0 Å². The molecular weight excluding hydrogens is 455 g/mol. The average Bonchev–Trinajstić information content (AvgIpc) is 3.25. The van der Waals surface area contributed by atoms with Gasteiger partial charge in [-0.1, -0.05) is 12.1 Å². The van der Waals surface area contributed by atoms with Crippen LogP contribution in [0.3, 0.4) is 0 Å². The highest BCUT2D eigenvalue weighted by molar-refractivity contribution is 14.0. The molecular formula is C16H23IN4OS2. The molecule has 24 heavy (non-hydrogen) atoms. The monoisotopic (exact) mass is 478 g/mol. The van der Waals surface area contributed by atoms with Crippen molar-refractivity contribution in [1.82, 2.24) is 16.0 Å². The summed E-state index contributed by atoms with van der Waals surface area (Å²) in [7, 11) is 0. The maximum absolute atomic E-state index is 11.8. The Morgan fingerprint density at radius 1 is 1.08 bits per heavy atom. The van der Waals surface area contributed by atoms with Crippen molar-refractivity contribution in [2.45, 2.75) is 19.9 Å². The number of nitrogens with zero attached hydrogens (tertiary/aromatic N) is 1. The molecule has 0 atom stereocenters. The van der Waals surface area contributed by atoms with Crippen LogP contribution in [0.4, 0.5) is 0 Å². The molecule has 0 bridgehead atoms. The summed E-state index contributed by atoms with van der Waals surface area (Å²) < 4.78 is 0. The first-order chi connectivity index (χ1) is 11.3. The first kappa shape index (κ1) is 20.9. The molecule has 0 aliphatic heterocycles. The Labute approximate surface area is 168 Å². The van der Waals surface area contributed by atoms with Gasteiger partial charge in [0, 0.05) is 24.5 Å². The van der Waals surface area contributed by atoms with E-state index < -0.39 is 0 Å². The van der Waals surface area contributed by atoms with Crippen LogP contribution in [0.1, 0.15) is 27.9 Å². The molecule has 2 heterocycles. The minimum atomic E-state index is -0.00160. The van der Waals surface area contributed by atoms with Crippen molar-refractivity contribution in [3.05, 3.63) is 44.8 Å². The van der Waals surface area contributed by atoms with Gasteiger partial charge in [-0.25, -0.2) is 4.99 Å². The lowest BCUT2D eigenvalue weighted by atomic mass is 10.4. The zero-order valence-electron chi connectivity index (χ0n) is 13.6. The van der Waals surface area contributed by atoms with Gasteiger partial charge >= 0.3 is 0 Å². The van der Waals surface area contributed by atoms with Gasteiger partial charge in [0.2, 0.25) is 0 Å². The van der Waals surface area contributed by atoms with Crippen molar-refractivity contribution >= 4 is 58.5 Å². The standard InChI is InChI=1S/C16H22N4OS2.HI/c1-2-17-16(20-12-13-6-3-10-22-13)19-9-5-8-18-15(21)14-7-4-11-23-14;/h3-4,6-7,10-11H,2,5,8-9,12H2,1H3,(H,18,21)(H2,17,19,20);1H. The lowest BCUT2D eigenvalue weighted by Crippen LogP contribution is -2.38. The third kappa shape index (κ3) is 7.63. The fraction of sp³-hybridized carbons (Fsp3) is 0.375. The van der Waals surface area contributed by atoms with E-state index >= 15 is 0 Å². The van der Waals surface area contributed by atoms with E-state index in [9.17, 15) is 4.79 Å². The Hall–Kier alpha value is -1.13. The van der Waals surface area contributed by atoms with Crippen molar-refractivity contribution < 1.29 is 4.79 Å². The zero-order valence-corrected chi connectivity index (χ0v) is 17.5. The number of rotatable bonds is 8. The van der Waals surface area contributed by atoms with E-state index in [2.05, 4.69) is 32.4 Å². The van der Waals surface area contributed by atoms with Gasteiger partial charge in [-0.2, -0.15) is 0 Å². The molecule has 0 saturated heterocycles. The Morgan fingerprint density at radius 2 is 1.83 bits per heavy atom. The number of carbonyl (C=O) groups excluding carboxylic acids is 1. The predicted molar refractivity (Wildman–Crippen MR) is 114 cm³/mol. The number of aliphatic imine (C=N–C) groups is 1. The summed E-state index contributed by atoms with van der Waals surface area (Å²) in [6.45, 7) is 4.96. The molecule has 0 aliphatic rings. The second kappa shape index (κ2) is 12.3. The number of carbonyl (C=O) groups is 1. The number of nitrogens with one attached hydrogen (secondary N) is 3. The number of amides is 1. The van der Waals surface area contributed by atoms with Gasteiger partial charge in [0.1, 0.15) is 0 Å². The Morgan fingerprint density at radius 3 is 2.50 bits per heavy atom. The highest BCUT2D eigenvalue weighted by Gasteiger charge is 2.04. The quantitative estimate of drug-likeness (QED) is 0.236. The summed E-state index contributed by atoms with van der Waals surface area (Å²) in [5.74, 6) is 0.809. The fourth-order valence-electron chi connectivity index (χ4n) is 1.89. The first-order valence-corrected chi connectivity index (χ1v) is 9.41. The van der Waals surface area contributed by atoms with Gasteiger partial charge in [-0.15, -0.1) is 46.7 Å². The normalized spacial score (nSPS) is 10.8. The largest absolute Gasteiger partial charge is 0.357 e. The van der Waals surface area contributed by atoms with Crippen molar-refractivity contribution in [1.29, 1.82) is 0 Å². The Kier molecular flexibility index (Phi) is 10.7. The average molecular weight is 478 g/mol. The van der Waals surface area contributed by atoms with Crippen molar-refractivity contribution in [3.63, 3.8) is 0 Å². The summed E-state index contributed by atoms with van der Waals surface area (Å²) >= 11 is 3.16. The number of thiophene rings is 2. The van der Waals surface area contributed by atoms with Gasteiger partial charge in [-0.05, 0) is 36.2 Å². The predicted octanol–water partition coefficient (Wildman–Crippen LogP) is 3.30. The second-order valence-electron chi connectivity index (χ2n) is 4.79. The molecule has 132 valence electrons. The Balaban J connectivity index is 0.00000288. The minimum Gasteiger partial charge on any atom is -0.357 e. The topological polar surface area (TPSA) is 65.5 Å². The third-order valence-corrected chi connectivity index (χ3v) is 4.72. The van der Waals surface area contributed by atoms with Gasteiger partial charge in [0.05, 0.1) is 11.4 Å². The highest BCUT2D eigenvalue weighted by Crippen LogP contribution is 2.09. The van der Waals surface area contributed by atoms with Crippen LogP contribution in [-0.2, 0) is 6.54 Å². The van der Waals surface area contributed by atoms with Crippen LogP contribution in [0.15, 0.2) is 40.0 Å². The minimum absolute atomic E-state index is 0. The first-order valence-electron chi connectivity index (χ1n) is 7.66. The number of hydrogen-bond donors (Lipinski definition) is 3. The summed E-state index contributed by atoms with van der Waals surface area (Å²) in [6, 6.07) is 7.83. The van der Waals surface area contributed by atoms with E-state index in [1.807, 2.05) is 30.5 Å². The molecule has 0 saturated carbocycles. The molecule has 1 amide bonds. The van der Waals surface area contributed by atoms with Gasteiger partial charge in [0.25, 0.3) is 5.91 Å². The van der Waals surface area contributed by atoms with E-state index in [4.69, 9.17) is 0 Å². The molecule has 5 nitrogen and oxygen atoms in total. The summed E-state index contributed by atoms with van der Waals surface area (Å²) in [4.78, 5) is 18.3. The zero-order chi connectivity index (χ0) is 16.3. The van der Waals surface area contributed by atoms with Crippen LogP contribution < -0.4 is 16.0 Å².